The van der Waals surface area contributed by atoms with Gasteiger partial charge in [0.05, 0.1) is 11.9 Å². The van der Waals surface area contributed by atoms with Crippen LogP contribution in [0.5, 0.6) is 0 Å². The van der Waals surface area contributed by atoms with Gasteiger partial charge < -0.3 is 38.7 Å². The van der Waals surface area contributed by atoms with Crippen molar-refractivity contribution in [3.8, 4) is 0 Å². The van der Waals surface area contributed by atoms with E-state index in [0.717, 1.165) is 0 Å². The first-order valence-corrected chi connectivity index (χ1v) is 3.97. The van der Waals surface area contributed by atoms with E-state index in [4.69, 9.17) is 0 Å². The minimum atomic E-state index is -1.37. The predicted molar refractivity (Wildman–Crippen MR) is 45.6 cm³/mol. The van der Waals surface area contributed by atoms with Gasteiger partial charge >= 0.3 is 16.5 Å². The number of carbonyl (C=O) groups excluding carboxylic acids is 2. The van der Waals surface area contributed by atoms with E-state index in [0.29, 0.717) is 0 Å². The summed E-state index contributed by atoms with van der Waals surface area (Å²) < 4.78 is 17.1. The summed E-state index contributed by atoms with van der Waals surface area (Å²) in [7, 11) is 4.90. The van der Waals surface area contributed by atoms with Gasteiger partial charge in [-0.25, -0.2) is 0 Å². The van der Waals surface area contributed by atoms with Crippen molar-refractivity contribution in [2.45, 2.75) is 12.6 Å². The van der Waals surface area contributed by atoms with E-state index in [1.54, 1.807) is 0 Å². The van der Waals surface area contributed by atoms with E-state index >= 15 is 0 Å². The van der Waals surface area contributed by atoms with Gasteiger partial charge in [0.25, 0.3) is 0 Å². The van der Waals surface area contributed by atoms with Crippen molar-refractivity contribution in [1.29, 1.82) is 0 Å². The van der Waals surface area contributed by atoms with Crippen molar-refractivity contribution >= 4 is 11.9 Å². The second-order valence-electron chi connectivity index (χ2n) is 2.24. The van der Waals surface area contributed by atoms with Crippen LogP contribution in [0.3, 0.4) is 0 Å². The molecule has 0 aromatic carbocycles. The maximum atomic E-state index is 9.80. The summed E-state index contributed by atoms with van der Waals surface area (Å²) in [6.07, 6.45) is -2.48. The fourth-order valence-corrected chi connectivity index (χ4v) is 0.577. The van der Waals surface area contributed by atoms with E-state index in [2.05, 4.69) is 18.9 Å². The predicted octanol–water partition coefficient (Wildman–Crippen LogP) is -3.29. The zero-order valence-corrected chi connectivity index (χ0v) is 10.7. The summed E-state index contributed by atoms with van der Waals surface area (Å²) in [5.41, 5.74) is 0. The molecule has 0 bridgehead atoms. The number of carboxylic acid groups (broad SMARTS) is 2. The minimum absolute atomic E-state index is 0. The number of carboxylic acids is 2. The molecule has 0 atom stereocenters. The molecule has 8 nitrogen and oxygen atoms in total. The first-order valence-electron chi connectivity index (χ1n) is 3.97. The molecule has 0 aromatic heterocycles. The molecular weight excluding hydrogens is 283 g/mol. The van der Waals surface area contributed by atoms with Crippen LogP contribution in [0.15, 0.2) is 0 Å². The van der Waals surface area contributed by atoms with Gasteiger partial charge in [-0.15, -0.1) is 0 Å². The minimum Gasteiger partial charge on any atom is -0.545 e. The Morgan fingerprint density at radius 3 is 0.941 bits per heavy atom. The van der Waals surface area contributed by atoms with Crippen LogP contribution in [0, 0.1) is 0 Å². The Balaban J connectivity index is -0.000000218. The molecule has 0 amide bonds. The normalized spacial score (nSPS) is 9.29. The number of rotatable bonds is 6. The fourth-order valence-electron chi connectivity index (χ4n) is 0.577. The molecule has 17 heavy (non-hydrogen) atoms. The van der Waals surface area contributed by atoms with Gasteiger partial charge in [-0.1, -0.05) is 0 Å². The molecule has 9 heteroatoms. The average molecular weight is 297 g/mol. The standard InChI is InChI=1S/2C4H8O4.Ni/c2*1-7-4(8-2)3(5)6;/h2*4H,1-2H3,(H,5,6);/q;;+2/p-2. The quantitative estimate of drug-likeness (QED) is 0.370. The molecule has 0 spiro atoms. The van der Waals surface area contributed by atoms with Gasteiger partial charge in [0.15, 0.2) is 12.6 Å². The van der Waals surface area contributed by atoms with Crippen LogP contribution in [0.1, 0.15) is 0 Å². The van der Waals surface area contributed by atoms with E-state index in [1.807, 2.05) is 0 Å². The number of aliphatic carboxylic acids is 2. The first kappa shape index (κ1) is 21.5. The van der Waals surface area contributed by atoms with Crippen LogP contribution in [0.4, 0.5) is 0 Å². The second-order valence-corrected chi connectivity index (χ2v) is 2.24. The Hall–Kier alpha value is -0.726. The number of hydrogen-bond donors (Lipinski definition) is 0. The van der Waals surface area contributed by atoms with E-state index in [9.17, 15) is 19.8 Å². The fraction of sp³-hybridized carbons (Fsp3) is 0.750. The van der Waals surface area contributed by atoms with Gasteiger partial charge in [0.1, 0.15) is 0 Å². The Labute approximate surface area is 109 Å². The Morgan fingerprint density at radius 1 is 0.765 bits per heavy atom. The maximum Gasteiger partial charge on any atom is 2.00 e. The number of carbonyl (C=O) groups is 2. The van der Waals surface area contributed by atoms with Crippen LogP contribution in [0.2, 0.25) is 0 Å². The van der Waals surface area contributed by atoms with Gasteiger partial charge in [-0.2, -0.15) is 0 Å². The summed E-state index contributed by atoms with van der Waals surface area (Å²) in [6, 6.07) is 0. The molecular formula is C8H14NiO8. The molecule has 0 aliphatic rings. The summed E-state index contributed by atoms with van der Waals surface area (Å²) in [5, 5.41) is 19.6. The third-order valence-electron chi connectivity index (χ3n) is 1.24. The molecule has 0 fully saturated rings. The zero-order chi connectivity index (χ0) is 13.1. The van der Waals surface area contributed by atoms with Gasteiger partial charge in [0.2, 0.25) is 0 Å². The Bertz CT molecular complexity index is 180. The van der Waals surface area contributed by atoms with Crippen LogP contribution in [0.25, 0.3) is 0 Å². The van der Waals surface area contributed by atoms with Crippen molar-refractivity contribution in [2.24, 2.45) is 0 Å². The molecule has 0 aliphatic heterocycles. The molecule has 0 aromatic rings. The van der Waals surface area contributed by atoms with Crippen LogP contribution < -0.4 is 10.2 Å². The molecule has 0 rings (SSSR count). The second kappa shape index (κ2) is 13.3. The van der Waals surface area contributed by atoms with Crippen LogP contribution in [-0.4, -0.2) is 53.0 Å². The third-order valence-corrected chi connectivity index (χ3v) is 1.24. The summed E-state index contributed by atoms with van der Waals surface area (Å²) in [6.45, 7) is 0. The van der Waals surface area contributed by atoms with E-state index < -0.39 is 24.5 Å². The Kier molecular flexibility index (Phi) is 16.9. The van der Waals surface area contributed by atoms with Crippen molar-refractivity contribution in [1.82, 2.24) is 0 Å². The SMILES string of the molecule is COC(OC)C(=O)[O-].COC(OC)C(=O)[O-].[Ni+2]. The summed E-state index contributed by atoms with van der Waals surface area (Å²) >= 11 is 0. The van der Waals surface area contributed by atoms with E-state index in [-0.39, 0.29) is 16.5 Å². The van der Waals surface area contributed by atoms with Gasteiger partial charge in [-0.3, -0.25) is 0 Å². The third kappa shape index (κ3) is 11.5. The topological polar surface area (TPSA) is 117 Å². The molecule has 0 radical (unpaired) electrons. The van der Waals surface area contributed by atoms with Crippen molar-refractivity contribution in [3.63, 3.8) is 0 Å². The molecule has 0 saturated carbocycles. The first-order chi connectivity index (χ1) is 7.44. The van der Waals surface area contributed by atoms with Crippen LogP contribution >= 0.6 is 0 Å². The van der Waals surface area contributed by atoms with Crippen LogP contribution in [-0.2, 0) is 45.0 Å². The molecule has 104 valence electrons. The average Bonchev–Trinajstić information content (AvgIpc) is 2.21. The largest absolute Gasteiger partial charge is 2.00 e. The number of methoxy groups -OCH3 is 4. The summed E-state index contributed by atoms with van der Waals surface area (Å²) in [4.78, 5) is 19.6. The van der Waals surface area contributed by atoms with Gasteiger partial charge in [-0.05, 0) is 0 Å². The smallest absolute Gasteiger partial charge is 0.545 e. The monoisotopic (exact) mass is 296 g/mol. The van der Waals surface area contributed by atoms with Crippen molar-refractivity contribution < 1.29 is 55.2 Å². The molecule has 0 N–H and O–H groups in total. The molecule has 0 heterocycles. The summed E-state index contributed by atoms with van der Waals surface area (Å²) in [5.74, 6) is -2.73. The number of hydrogen-bond acceptors (Lipinski definition) is 8. The molecule has 0 aliphatic carbocycles. The zero-order valence-electron chi connectivity index (χ0n) is 9.74. The van der Waals surface area contributed by atoms with Gasteiger partial charge in [0, 0.05) is 28.4 Å². The molecule has 0 saturated heterocycles. The molecule has 0 unspecified atom stereocenters. The maximum absolute atomic E-state index is 9.80. The number of ether oxygens (including phenoxy) is 4. The van der Waals surface area contributed by atoms with Crippen molar-refractivity contribution in [2.75, 3.05) is 28.4 Å². The van der Waals surface area contributed by atoms with Crippen molar-refractivity contribution in [3.05, 3.63) is 0 Å². The van der Waals surface area contributed by atoms with E-state index in [1.165, 1.54) is 28.4 Å². The Morgan fingerprint density at radius 2 is 0.941 bits per heavy atom.